The highest BCUT2D eigenvalue weighted by Crippen LogP contribution is 2.27. The van der Waals surface area contributed by atoms with Gasteiger partial charge in [-0.2, -0.15) is 0 Å². The predicted octanol–water partition coefficient (Wildman–Crippen LogP) is 1.24. The lowest BCUT2D eigenvalue weighted by molar-refractivity contribution is -0.139. The van der Waals surface area contributed by atoms with Crippen molar-refractivity contribution in [2.45, 2.75) is 50.1 Å². The highest BCUT2D eigenvalue weighted by atomic mass is 32.2. The van der Waals surface area contributed by atoms with Crippen molar-refractivity contribution < 1.29 is 9.59 Å². The van der Waals surface area contributed by atoms with Gasteiger partial charge in [-0.3, -0.25) is 9.59 Å². The average molecular weight is 381 g/mol. The molecule has 1 atom stereocenters. The maximum atomic E-state index is 12.5. The molecule has 1 aromatic heterocycles. The number of rotatable bonds is 7. The van der Waals surface area contributed by atoms with Crippen LogP contribution >= 0.6 is 11.8 Å². The molecule has 0 radical (unpaired) electrons. The molecule has 1 aliphatic carbocycles. The standard InChI is InChI=1S/C17H28N6O2S/c1-22-17(19-20-21-22)26-10-9-18-16(25)14-7-8-15(24)23(12-14)11-13-5-3-2-4-6-13/h13-14H,2-12H2,1H3,(H,18,25). The SMILES string of the molecule is Cn1nnnc1SCCNC(=O)C1CCC(=O)N(CC2CCCCC2)C1. The van der Waals surface area contributed by atoms with Crippen molar-refractivity contribution >= 4 is 23.6 Å². The Balaban J connectivity index is 1.40. The van der Waals surface area contributed by atoms with Gasteiger partial charge in [-0.1, -0.05) is 31.0 Å². The molecule has 2 amide bonds. The fraction of sp³-hybridized carbons (Fsp3) is 0.824. The normalized spacial score (nSPS) is 21.8. The summed E-state index contributed by atoms with van der Waals surface area (Å²) in [7, 11) is 1.79. The molecule has 3 rings (SSSR count). The fourth-order valence-electron chi connectivity index (χ4n) is 3.79. The fourth-order valence-corrected chi connectivity index (χ4v) is 4.50. The lowest BCUT2D eigenvalue weighted by Gasteiger charge is -2.35. The number of nitrogens with zero attached hydrogens (tertiary/aromatic N) is 5. The quantitative estimate of drug-likeness (QED) is 0.565. The van der Waals surface area contributed by atoms with Crippen LogP contribution in [0, 0.1) is 11.8 Å². The Kier molecular flexibility index (Phi) is 6.87. The zero-order valence-electron chi connectivity index (χ0n) is 15.4. The van der Waals surface area contributed by atoms with E-state index >= 15 is 0 Å². The van der Waals surface area contributed by atoms with Crippen LogP contribution in [0.3, 0.4) is 0 Å². The van der Waals surface area contributed by atoms with E-state index in [1.54, 1.807) is 11.7 Å². The highest BCUT2D eigenvalue weighted by Gasteiger charge is 2.31. The van der Waals surface area contributed by atoms with Crippen LogP contribution in [0.15, 0.2) is 5.16 Å². The lowest BCUT2D eigenvalue weighted by Crippen LogP contribution is -2.47. The first-order valence-electron chi connectivity index (χ1n) is 9.54. The van der Waals surface area contributed by atoms with E-state index in [-0.39, 0.29) is 17.7 Å². The number of likely N-dealkylation sites (tertiary alicyclic amines) is 1. The number of aromatic nitrogens is 4. The van der Waals surface area contributed by atoms with E-state index in [9.17, 15) is 9.59 Å². The molecule has 8 nitrogen and oxygen atoms in total. The molecule has 144 valence electrons. The van der Waals surface area contributed by atoms with Crippen molar-refractivity contribution in [1.82, 2.24) is 30.4 Å². The summed E-state index contributed by atoms with van der Waals surface area (Å²) in [6.07, 6.45) is 7.45. The van der Waals surface area contributed by atoms with Crippen LogP contribution in [-0.2, 0) is 16.6 Å². The summed E-state index contributed by atoms with van der Waals surface area (Å²) in [5, 5.41) is 15.0. The summed E-state index contributed by atoms with van der Waals surface area (Å²) in [5.74, 6) is 1.52. The number of nitrogens with one attached hydrogen (secondary N) is 1. The van der Waals surface area contributed by atoms with E-state index in [1.807, 2.05) is 4.90 Å². The highest BCUT2D eigenvalue weighted by molar-refractivity contribution is 7.99. The molecule has 1 aliphatic heterocycles. The van der Waals surface area contributed by atoms with Gasteiger partial charge in [-0.15, -0.1) is 5.10 Å². The first kappa shape index (κ1) is 19.1. The Bertz CT molecular complexity index is 616. The second-order valence-corrected chi connectivity index (χ2v) is 8.32. The number of hydrogen-bond acceptors (Lipinski definition) is 6. The molecule has 1 saturated carbocycles. The van der Waals surface area contributed by atoms with Gasteiger partial charge < -0.3 is 10.2 Å². The molecule has 1 unspecified atom stereocenters. The first-order valence-corrected chi connectivity index (χ1v) is 10.5. The van der Waals surface area contributed by atoms with Gasteiger partial charge in [0.05, 0.1) is 5.92 Å². The number of carbonyl (C=O) groups is 2. The topological polar surface area (TPSA) is 93.0 Å². The van der Waals surface area contributed by atoms with E-state index < -0.39 is 0 Å². The van der Waals surface area contributed by atoms with Crippen molar-refractivity contribution in [3.63, 3.8) is 0 Å². The Morgan fingerprint density at radius 2 is 2.08 bits per heavy atom. The van der Waals surface area contributed by atoms with Gasteiger partial charge in [-0.05, 0) is 35.6 Å². The molecule has 26 heavy (non-hydrogen) atoms. The van der Waals surface area contributed by atoms with Gasteiger partial charge in [0.15, 0.2) is 0 Å². The van der Waals surface area contributed by atoms with Gasteiger partial charge in [0.2, 0.25) is 17.0 Å². The van der Waals surface area contributed by atoms with Gasteiger partial charge >= 0.3 is 0 Å². The summed E-state index contributed by atoms with van der Waals surface area (Å²) in [6.45, 7) is 1.97. The maximum Gasteiger partial charge on any atom is 0.224 e. The van der Waals surface area contributed by atoms with Gasteiger partial charge in [-0.25, -0.2) is 4.68 Å². The minimum Gasteiger partial charge on any atom is -0.355 e. The van der Waals surface area contributed by atoms with Gasteiger partial charge in [0, 0.05) is 38.9 Å². The number of amides is 2. The number of hydrogen-bond donors (Lipinski definition) is 1. The first-order chi connectivity index (χ1) is 12.6. The van der Waals surface area contributed by atoms with Crippen LogP contribution < -0.4 is 5.32 Å². The zero-order chi connectivity index (χ0) is 18.4. The van der Waals surface area contributed by atoms with E-state index in [1.165, 1.54) is 43.9 Å². The molecule has 1 saturated heterocycles. The predicted molar refractivity (Wildman–Crippen MR) is 98.4 cm³/mol. The number of tetrazole rings is 1. The van der Waals surface area contributed by atoms with Gasteiger partial charge in [0.1, 0.15) is 0 Å². The molecule has 9 heteroatoms. The second kappa shape index (κ2) is 9.34. The third-order valence-corrected chi connectivity index (χ3v) is 6.30. The molecule has 2 heterocycles. The van der Waals surface area contributed by atoms with E-state index in [0.29, 0.717) is 31.8 Å². The third-order valence-electron chi connectivity index (χ3n) is 5.29. The molecular formula is C17H28N6O2S. The van der Waals surface area contributed by atoms with Crippen molar-refractivity contribution in [1.29, 1.82) is 0 Å². The molecule has 1 aromatic rings. The van der Waals surface area contributed by atoms with Crippen LogP contribution in [0.4, 0.5) is 0 Å². The van der Waals surface area contributed by atoms with Crippen molar-refractivity contribution in [2.24, 2.45) is 18.9 Å². The largest absolute Gasteiger partial charge is 0.355 e. The lowest BCUT2D eigenvalue weighted by atomic mass is 9.87. The number of thioether (sulfide) groups is 1. The van der Waals surface area contributed by atoms with Crippen LogP contribution in [0.1, 0.15) is 44.9 Å². The maximum absolute atomic E-state index is 12.5. The Labute approximate surface area is 158 Å². The van der Waals surface area contributed by atoms with Crippen molar-refractivity contribution in [3.05, 3.63) is 0 Å². The van der Waals surface area contributed by atoms with Crippen molar-refractivity contribution in [3.8, 4) is 0 Å². The van der Waals surface area contributed by atoms with Crippen LogP contribution in [0.2, 0.25) is 0 Å². The van der Waals surface area contributed by atoms with Crippen LogP contribution in [-0.4, -0.2) is 62.3 Å². The van der Waals surface area contributed by atoms with Crippen LogP contribution in [0.5, 0.6) is 0 Å². The number of piperidine rings is 1. The summed E-state index contributed by atoms with van der Waals surface area (Å²) >= 11 is 1.51. The molecule has 1 N–H and O–H groups in total. The zero-order valence-corrected chi connectivity index (χ0v) is 16.2. The minimum absolute atomic E-state index is 0.0582. The molecule has 0 spiro atoms. The smallest absolute Gasteiger partial charge is 0.224 e. The molecule has 2 fully saturated rings. The molecular weight excluding hydrogens is 352 g/mol. The van der Waals surface area contributed by atoms with E-state index in [4.69, 9.17) is 0 Å². The Hall–Kier alpha value is -1.64. The van der Waals surface area contributed by atoms with Crippen LogP contribution in [0.25, 0.3) is 0 Å². The molecule has 0 bridgehead atoms. The third kappa shape index (κ3) is 5.18. The summed E-state index contributed by atoms with van der Waals surface area (Å²) in [5.41, 5.74) is 0. The summed E-state index contributed by atoms with van der Waals surface area (Å²) < 4.78 is 1.61. The minimum atomic E-state index is -0.0854. The molecule has 2 aliphatic rings. The molecule has 0 aromatic carbocycles. The second-order valence-electron chi connectivity index (χ2n) is 7.26. The average Bonchev–Trinajstić information content (AvgIpc) is 3.06. The van der Waals surface area contributed by atoms with E-state index in [0.717, 1.165) is 17.5 Å². The monoisotopic (exact) mass is 380 g/mol. The number of carbonyl (C=O) groups excluding carboxylic acids is 2. The Morgan fingerprint density at radius 1 is 1.27 bits per heavy atom. The summed E-state index contributed by atoms with van der Waals surface area (Å²) in [4.78, 5) is 26.6. The number of aryl methyl sites for hydroxylation is 1. The Morgan fingerprint density at radius 3 is 2.81 bits per heavy atom. The van der Waals surface area contributed by atoms with Gasteiger partial charge in [0.25, 0.3) is 0 Å². The summed E-state index contributed by atoms with van der Waals surface area (Å²) in [6, 6.07) is 0. The van der Waals surface area contributed by atoms with Crippen molar-refractivity contribution in [2.75, 3.05) is 25.4 Å². The van der Waals surface area contributed by atoms with E-state index in [2.05, 4.69) is 20.8 Å².